The molecule has 2 N–H and O–H groups in total. The number of aromatic nitrogens is 2. The predicted molar refractivity (Wildman–Crippen MR) is 53.8 cm³/mol. The molecule has 74 valence electrons. The Kier molecular flexibility index (Phi) is 2.21. The third kappa shape index (κ3) is 1.37. The van der Waals surface area contributed by atoms with Gasteiger partial charge in [0.05, 0.1) is 11.1 Å². The molecule has 2 rings (SSSR count). The minimum absolute atomic E-state index is 0.339. The molecule has 0 bridgehead atoms. The topological polar surface area (TPSA) is 64.9 Å². The standard InChI is InChI=1S/C10H13N3O/c1-6(2)9-8-3-7(4-11)5-12-10(8)14-13-9/h3,5-6H,4,11H2,1-2H3. The van der Waals surface area contributed by atoms with Gasteiger partial charge in [-0.3, -0.25) is 0 Å². The van der Waals surface area contributed by atoms with E-state index < -0.39 is 0 Å². The van der Waals surface area contributed by atoms with Gasteiger partial charge in [-0.2, -0.15) is 0 Å². The van der Waals surface area contributed by atoms with Crippen LogP contribution in [0.4, 0.5) is 0 Å². The minimum atomic E-state index is 0.339. The van der Waals surface area contributed by atoms with Crippen LogP contribution in [0, 0.1) is 0 Å². The molecule has 0 saturated carbocycles. The van der Waals surface area contributed by atoms with E-state index in [-0.39, 0.29) is 0 Å². The van der Waals surface area contributed by atoms with Crippen LogP contribution in [0.3, 0.4) is 0 Å². The quantitative estimate of drug-likeness (QED) is 0.786. The Morgan fingerprint density at radius 3 is 2.93 bits per heavy atom. The van der Waals surface area contributed by atoms with Gasteiger partial charge < -0.3 is 10.3 Å². The zero-order valence-electron chi connectivity index (χ0n) is 8.32. The Morgan fingerprint density at radius 1 is 1.50 bits per heavy atom. The molecule has 4 nitrogen and oxygen atoms in total. The van der Waals surface area contributed by atoms with Gasteiger partial charge in [0.2, 0.25) is 0 Å². The second kappa shape index (κ2) is 3.38. The predicted octanol–water partition coefficient (Wildman–Crippen LogP) is 1.80. The van der Waals surface area contributed by atoms with Crippen LogP contribution in [0.25, 0.3) is 11.1 Å². The number of pyridine rings is 1. The minimum Gasteiger partial charge on any atom is -0.336 e. The Balaban J connectivity index is 2.63. The SMILES string of the molecule is CC(C)c1noc2ncc(CN)cc12. The van der Waals surface area contributed by atoms with E-state index in [1.165, 1.54) is 0 Å². The van der Waals surface area contributed by atoms with E-state index in [0.717, 1.165) is 16.6 Å². The number of rotatable bonds is 2. The van der Waals surface area contributed by atoms with E-state index in [9.17, 15) is 0 Å². The highest BCUT2D eigenvalue weighted by Crippen LogP contribution is 2.23. The molecule has 2 aromatic rings. The molecule has 0 aliphatic rings. The van der Waals surface area contributed by atoms with Crippen LogP contribution < -0.4 is 5.73 Å². The van der Waals surface area contributed by atoms with Crippen molar-refractivity contribution < 1.29 is 4.52 Å². The molecule has 0 aromatic carbocycles. The lowest BCUT2D eigenvalue weighted by Gasteiger charge is -1.99. The summed E-state index contributed by atoms with van der Waals surface area (Å²) in [4.78, 5) is 4.15. The van der Waals surface area contributed by atoms with Crippen molar-refractivity contribution in [1.82, 2.24) is 10.1 Å². The van der Waals surface area contributed by atoms with Crippen molar-refractivity contribution in [1.29, 1.82) is 0 Å². The van der Waals surface area contributed by atoms with E-state index >= 15 is 0 Å². The average molecular weight is 191 g/mol. The molecule has 0 aliphatic carbocycles. The normalized spacial score (nSPS) is 11.4. The van der Waals surface area contributed by atoms with Crippen LogP contribution >= 0.6 is 0 Å². The van der Waals surface area contributed by atoms with Crippen LogP contribution in [-0.4, -0.2) is 10.1 Å². The van der Waals surface area contributed by atoms with Crippen LogP contribution in [-0.2, 0) is 6.54 Å². The summed E-state index contributed by atoms with van der Waals surface area (Å²) >= 11 is 0. The van der Waals surface area contributed by atoms with Crippen molar-refractivity contribution in [3.05, 3.63) is 23.5 Å². The van der Waals surface area contributed by atoms with Gasteiger partial charge in [0.1, 0.15) is 0 Å². The van der Waals surface area contributed by atoms with Crippen molar-refractivity contribution in [2.45, 2.75) is 26.3 Å². The highest BCUT2D eigenvalue weighted by molar-refractivity contribution is 5.76. The van der Waals surface area contributed by atoms with E-state index in [1.807, 2.05) is 6.07 Å². The lowest BCUT2D eigenvalue weighted by molar-refractivity contribution is 0.434. The first-order valence-electron chi connectivity index (χ1n) is 4.66. The average Bonchev–Trinajstić information content (AvgIpc) is 2.59. The molecule has 2 aromatic heterocycles. The van der Waals surface area contributed by atoms with Gasteiger partial charge in [-0.25, -0.2) is 4.98 Å². The zero-order valence-corrected chi connectivity index (χ0v) is 8.32. The molecule has 0 saturated heterocycles. The Bertz CT molecular complexity index is 448. The first-order chi connectivity index (χ1) is 6.72. The van der Waals surface area contributed by atoms with Crippen molar-refractivity contribution in [2.24, 2.45) is 5.73 Å². The van der Waals surface area contributed by atoms with Gasteiger partial charge in [0.25, 0.3) is 5.71 Å². The number of fused-ring (bicyclic) bond motifs is 1. The molecule has 0 aliphatic heterocycles. The molecule has 0 atom stereocenters. The Labute approximate surface area is 82.1 Å². The second-order valence-corrected chi connectivity index (χ2v) is 3.62. The molecule has 0 fully saturated rings. The summed E-state index contributed by atoms with van der Waals surface area (Å²) in [6.07, 6.45) is 1.72. The summed E-state index contributed by atoms with van der Waals surface area (Å²) in [6.45, 7) is 4.64. The molecule has 0 radical (unpaired) electrons. The van der Waals surface area contributed by atoms with Crippen LogP contribution in [0.5, 0.6) is 0 Å². The van der Waals surface area contributed by atoms with Gasteiger partial charge in [0.15, 0.2) is 0 Å². The summed E-state index contributed by atoms with van der Waals surface area (Å²) in [5.41, 5.74) is 8.08. The first kappa shape index (κ1) is 9.15. The van der Waals surface area contributed by atoms with Crippen molar-refractivity contribution >= 4 is 11.1 Å². The lowest BCUT2D eigenvalue weighted by atomic mass is 10.1. The number of hydrogen-bond donors (Lipinski definition) is 1. The van der Waals surface area contributed by atoms with E-state index in [0.29, 0.717) is 18.2 Å². The van der Waals surface area contributed by atoms with Crippen LogP contribution in [0.15, 0.2) is 16.8 Å². The molecule has 4 heteroatoms. The van der Waals surface area contributed by atoms with E-state index in [2.05, 4.69) is 24.0 Å². The lowest BCUT2D eigenvalue weighted by Crippen LogP contribution is -1.97. The maximum Gasteiger partial charge on any atom is 0.257 e. The number of nitrogens with two attached hydrogens (primary N) is 1. The smallest absolute Gasteiger partial charge is 0.257 e. The third-order valence-corrected chi connectivity index (χ3v) is 2.20. The Hall–Kier alpha value is -1.42. The fourth-order valence-corrected chi connectivity index (χ4v) is 1.42. The first-order valence-corrected chi connectivity index (χ1v) is 4.66. The van der Waals surface area contributed by atoms with Gasteiger partial charge in [-0.05, 0) is 17.5 Å². The van der Waals surface area contributed by atoms with Gasteiger partial charge in [-0.1, -0.05) is 19.0 Å². The molecular formula is C10H13N3O. The third-order valence-electron chi connectivity index (χ3n) is 2.20. The molecule has 0 unspecified atom stereocenters. The zero-order chi connectivity index (χ0) is 10.1. The highest BCUT2D eigenvalue weighted by atomic mass is 16.5. The Morgan fingerprint density at radius 2 is 2.29 bits per heavy atom. The van der Waals surface area contributed by atoms with Crippen LogP contribution in [0.2, 0.25) is 0 Å². The van der Waals surface area contributed by atoms with Crippen molar-refractivity contribution in [3.63, 3.8) is 0 Å². The monoisotopic (exact) mass is 191 g/mol. The second-order valence-electron chi connectivity index (χ2n) is 3.62. The van der Waals surface area contributed by atoms with Crippen molar-refractivity contribution in [2.75, 3.05) is 0 Å². The molecule has 0 amide bonds. The van der Waals surface area contributed by atoms with E-state index in [1.54, 1.807) is 6.20 Å². The fourth-order valence-electron chi connectivity index (χ4n) is 1.42. The number of nitrogens with zero attached hydrogens (tertiary/aromatic N) is 2. The molecular weight excluding hydrogens is 178 g/mol. The molecule has 14 heavy (non-hydrogen) atoms. The summed E-state index contributed by atoms with van der Waals surface area (Å²) in [7, 11) is 0. The fraction of sp³-hybridized carbons (Fsp3) is 0.400. The number of hydrogen-bond acceptors (Lipinski definition) is 4. The van der Waals surface area contributed by atoms with Crippen molar-refractivity contribution in [3.8, 4) is 0 Å². The maximum absolute atomic E-state index is 5.54. The van der Waals surface area contributed by atoms with Gasteiger partial charge in [-0.15, -0.1) is 0 Å². The summed E-state index contributed by atoms with van der Waals surface area (Å²) in [5, 5.41) is 4.97. The van der Waals surface area contributed by atoms with Gasteiger partial charge in [0, 0.05) is 12.7 Å². The maximum atomic E-state index is 5.54. The van der Waals surface area contributed by atoms with E-state index in [4.69, 9.17) is 10.3 Å². The van der Waals surface area contributed by atoms with Gasteiger partial charge >= 0.3 is 0 Å². The molecule has 2 heterocycles. The summed E-state index contributed by atoms with van der Waals surface area (Å²) in [5.74, 6) is 0.339. The largest absolute Gasteiger partial charge is 0.336 e. The summed E-state index contributed by atoms with van der Waals surface area (Å²) in [6, 6.07) is 1.99. The summed E-state index contributed by atoms with van der Waals surface area (Å²) < 4.78 is 5.11. The highest BCUT2D eigenvalue weighted by Gasteiger charge is 2.12. The molecule has 0 spiro atoms. The van der Waals surface area contributed by atoms with Crippen LogP contribution in [0.1, 0.15) is 31.0 Å².